The molecule has 0 amide bonds. The first-order chi connectivity index (χ1) is 7.40. The SMILES string of the molecule is CCOCCCc1nc2ncccc2[nH]1. The number of ether oxygens (including phenoxy) is 1. The number of aromatic nitrogens is 3. The third-order valence-electron chi connectivity index (χ3n) is 2.21. The lowest BCUT2D eigenvalue weighted by molar-refractivity contribution is 0.145. The Hall–Kier alpha value is -1.42. The van der Waals surface area contributed by atoms with Crippen molar-refractivity contribution in [2.75, 3.05) is 13.2 Å². The van der Waals surface area contributed by atoms with Gasteiger partial charge in [-0.15, -0.1) is 0 Å². The van der Waals surface area contributed by atoms with E-state index in [9.17, 15) is 0 Å². The van der Waals surface area contributed by atoms with Crippen molar-refractivity contribution >= 4 is 11.2 Å². The molecule has 0 aliphatic rings. The van der Waals surface area contributed by atoms with E-state index in [-0.39, 0.29) is 0 Å². The van der Waals surface area contributed by atoms with Gasteiger partial charge in [-0.25, -0.2) is 9.97 Å². The van der Waals surface area contributed by atoms with Crippen LogP contribution in [0.15, 0.2) is 18.3 Å². The Morgan fingerprint density at radius 2 is 2.40 bits per heavy atom. The van der Waals surface area contributed by atoms with Gasteiger partial charge in [-0.3, -0.25) is 0 Å². The maximum atomic E-state index is 5.27. The molecule has 2 aromatic heterocycles. The van der Waals surface area contributed by atoms with Gasteiger partial charge in [0.1, 0.15) is 5.82 Å². The highest BCUT2D eigenvalue weighted by atomic mass is 16.5. The van der Waals surface area contributed by atoms with Crippen LogP contribution < -0.4 is 0 Å². The van der Waals surface area contributed by atoms with Crippen LogP contribution in [0, 0.1) is 0 Å². The largest absolute Gasteiger partial charge is 0.382 e. The highest BCUT2D eigenvalue weighted by Gasteiger charge is 2.01. The molecule has 0 atom stereocenters. The summed E-state index contributed by atoms with van der Waals surface area (Å²) in [6.45, 7) is 3.58. The van der Waals surface area contributed by atoms with E-state index in [0.717, 1.165) is 43.0 Å². The average molecular weight is 205 g/mol. The minimum absolute atomic E-state index is 0.779. The van der Waals surface area contributed by atoms with Gasteiger partial charge in [0.15, 0.2) is 5.65 Å². The molecular weight excluding hydrogens is 190 g/mol. The Labute approximate surface area is 88.7 Å². The Morgan fingerprint density at radius 3 is 3.20 bits per heavy atom. The van der Waals surface area contributed by atoms with Crippen LogP contribution in [0.1, 0.15) is 19.2 Å². The second-order valence-corrected chi connectivity index (χ2v) is 3.36. The number of nitrogens with one attached hydrogen (secondary N) is 1. The number of aromatic amines is 1. The number of aryl methyl sites for hydroxylation is 1. The number of hydrogen-bond acceptors (Lipinski definition) is 3. The van der Waals surface area contributed by atoms with Crippen LogP contribution in [-0.4, -0.2) is 28.2 Å². The van der Waals surface area contributed by atoms with E-state index in [0.29, 0.717) is 0 Å². The molecule has 0 spiro atoms. The van der Waals surface area contributed by atoms with Crippen molar-refractivity contribution in [3.63, 3.8) is 0 Å². The van der Waals surface area contributed by atoms with Crippen LogP contribution in [0.3, 0.4) is 0 Å². The van der Waals surface area contributed by atoms with Crippen molar-refractivity contribution in [2.45, 2.75) is 19.8 Å². The van der Waals surface area contributed by atoms with E-state index in [1.807, 2.05) is 19.1 Å². The van der Waals surface area contributed by atoms with Crippen LogP contribution in [-0.2, 0) is 11.2 Å². The number of H-pyrrole nitrogens is 1. The van der Waals surface area contributed by atoms with Crippen LogP contribution >= 0.6 is 0 Å². The summed E-state index contributed by atoms with van der Waals surface area (Å²) < 4.78 is 5.27. The molecule has 4 heteroatoms. The monoisotopic (exact) mass is 205 g/mol. The molecule has 0 radical (unpaired) electrons. The summed E-state index contributed by atoms with van der Waals surface area (Å²) in [5, 5.41) is 0. The van der Waals surface area contributed by atoms with E-state index in [1.54, 1.807) is 6.20 Å². The van der Waals surface area contributed by atoms with E-state index in [1.165, 1.54) is 0 Å². The standard InChI is InChI=1S/C11H15N3O/c1-2-15-8-4-6-10-13-9-5-3-7-12-11(9)14-10/h3,5,7H,2,4,6,8H2,1H3,(H,12,13,14). The Kier molecular flexibility index (Phi) is 3.29. The average Bonchev–Trinajstić information content (AvgIpc) is 2.67. The number of rotatable bonds is 5. The first kappa shape index (κ1) is 10.1. The molecule has 2 rings (SSSR count). The molecular formula is C11H15N3O. The van der Waals surface area contributed by atoms with Gasteiger partial charge in [0, 0.05) is 25.8 Å². The first-order valence-electron chi connectivity index (χ1n) is 5.27. The lowest BCUT2D eigenvalue weighted by Gasteiger charge is -1.98. The predicted molar refractivity (Wildman–Crippen MR) is 58.7 cm³/mol. The highest BCUT2D eigenvalue weighted by Crippen LogP contribution is 2.08. The van der Waals surface area contributed by atoms with E-state index >= 15 is 0 Å². The molecule has 0 fully saturated rings. The summed E-state index contributed by atoms with van der Waals surface area (Å²) in [5.41, 5.74) is 1.80. The first-order valence-corrected chi connectivity index (χ1v) is 5.27. The zero-order valence-corrected chi connectivity index (χ0v) is 8.86. The summed E-state index contributed by atoms with van der Waals surface area (Å²) in [6, 6.07) is 3.89. The maximum absolute atomic E-state index is 5.27. The lowest BCUT2D eigenvalue weighted by Crippen LogP contribution is -1.96. The van der Waals surface area contributed by atoms with Crippen molar-refractivity contribution in [3.05, 3.63) is 24.2 Å². The van der Waals surface area contributed by atoms with Gasteiger partial charge < -0.3 is 9.72 Å². The summed E-state index contributed by atoms with van der Waals surface area (Å²) >= 11 is 0. The normalized spacial score (nSPS) is 11.0. The van der Waals surface area contributed by atoms with Crippen molar-refractivity contribution in [1.82, 2.24) is 15.0 Å². The second-order valence-electron chi connectivity index (χ2n) is 3.36. The van der Waals surface area contributed by atoms with Crippen LogP contribution in [0.2, 0.25) is 0 Å². The van der Waals surface area contributed by atoms with Crippen LogP contribution in [0.25, 0.3) is 11.2 Å². The molecule has 2 aromatic rings. The number of hydrogen-bond donors (Lipinski definition) is 1. The molecule has 2 heterocycles. The van der Waals surface area contributed by atoms with Gasteiger partial charge in [-0.05, 0) is 25.5 Å². The minimum atomic E-state index is 0.779. The highest BCUT2D eigenvalue weighted by molar-refractivity contribution is 5.69. The van der Waals surface area contributed by atoms with E-state index in [4.69, 9.17) is 4.74 Å². The van der Waals surface area contributed by atoms with E-state index in [2.05, 4.69) is 15.0 Å². The fraction of sp³-hybridized carbons (Fsp3) is 0.455. The van der Waals surface area contributed by atoms with Crippen LogP contribution in [0.4, 0.5) is 0 Å². The lowest BCUT2D eigenvalue weighted by atomic mass is 10.3. The molecule has 0 bridgehead atoms. The smallest absolute Gasteiger partial charge is 0.177 e. The fourth-order valence-electron chi connectivity index (χ4n) is 1.50. The third-order valence-corrected chi connectivity index (χ3v) is 2.21. The summed E-state index contributed by atoms with van der Waals surface area (Å²) in [5.74, 6) is 0.989. The summed E-state index contributed by atoms with van der Waals surface area (Å²) in [6.07, 6.45) is 3.66. The quantitative estimate of drug-likeness (QED) is 0.759. The number of fused-ring (bicyclic) bond motifs is 1. The topological polar surface area (TPSA) is 50.8 Å². The number of nitrogens with zero attached hydrogens (tertiary/aromatic N) is 2. The molecule has 0 saturated heterocycles. The molecule has 0 unspecified atom stereocenters. The Bertz CT molecular complexity index is 391. The molecule has 15 heavy (non-hydrogen) atoms. The Morgan fingerprint density at radius 1 is 1.47 bits per heavy atom. The number of pyridine rings is 1. The molecule has 4 nitrogen and oxygen atoms in total. The second kappa shape index (κ2) is 4.89. The van der Waals surface area contributed by atoms with Gasteiger partial charge >= 0.3 is 0 Å². The van der Waals surface area contributed by atoms with Gasteiger partial charge in [-0.1, -0.05) is 0 Å². The van der Waals surface area contributed by atoms with Crippen molar-refractivity contribution in [3.8, 4) is 0 Å². The van der Waals surface area contributed by atoms with Gasteiger partial charge in [0.2, 0.25) is 0 Å². The molecule has 0 saturated carbocycles. The zero-order chi connectivity index (χ0) is 10.5. The van der Waals surface area contributed by atoms with Crippen LogP contribution in [0.5, 0.6) is 0 Å². The van der Waals surface area contributed by atoms with Crippen molar-refractivity contribution in [2.24, 2.45) is 0 Å². The zero-order valence-electron chi connectivity index (χ0n) is 8.86. The minimum Gasteiger partial charge on any atom is -0.382 e. The summed E-state index contributed by atoms with van der Waals surface area (Å²) in [7, 11) is 0. The van der Waals surface area contributed by atoms with Crippen molar-refractivity contribution in [1.29, 1.82) is 0 Å². The molecule has 0 aromatic carbocycles. The maximum Gasteiger partial charge on any atom is 0.177 e. The van der Waals surface area contributed by atoms with E-state index < -0.39 is 0 Å². The third kappa shape index (κ3) is 2.53. The molecule has 0 aliphatic heterocycles. The fourth-order valence-corrected chi connectivity index (χ4v) is 1.50. The van der Waals surface area contributed by atoms with Gasteiger partial charge in [-0.2, -0.15) is 0 Å². The molecule has 80 valence electrons. The number of imidazole rings is 1. The van der Waals surface area contributed by atoms with Crippen molar-refractivity contribution < 1.29 is 4.74 Å². The molecule has 0 aliphatic carbocycles. The predicted octanol–water partition coefficient (Wildman–Crippen LogP) is 1.93. The van der Waals surface area contributed by atoms with Gasteiger partial charge in [0.05, 0.1) is 5.52 Å². The summed E-state index contributed by atoms with van der Waals surface area (Å²) in [4.78, 5) is 11.8. The molecule has 1 N–H and O–H groups in total. The van der Waals surface area contributed by atoms with Gasteiger partial charge in [0.25, 0.3) is 0 Å². The Balaban J connectivity index is 1.97.